The lowest BCUT2D eigenvalue weighted by atomic mass is 10.3. The van der Waals surface area contributed by atoms with Gasteiger partial charge in [-0.25, -0.2) is 0 Å². The van der Waals surface area contributed by atoms with Gasteiger partial charge in [0.25, 0.3) is 0 Å². The molecule has 0 aliphatic carbocycles. The molecule has 0 saturated heterocycles. The molecule has 1 aromatic carbocycles. The second kappa shape index (κ2) is 6.17. The first-order valence-corrected chi connectivity index (χ1v) is 6.88. The normalized spacial score (nSPS) is 16.4. The lowest BCUT2D eigenvalue weighted by molar-refractivity contribution is 0.297. The predicted octanol–water partition coefficient (Wildman–Crippen LogP) is 2.55. The molecule has 1 aromatic rings. The Labute approximate surface area is 107 Å². The number of nitrogens with one attached hydrogen (secondary N) is 1. The van der Waals surface area contributed by atoms with Gasteiger partial charge in [-0.3, -0.25) is 0 Å². The summed E-state index contributed by atoms with van der Waals surface area (Å²) in [5, 5.41) is 3.73. The van der Waals surface area contributed by atoms with Crippen LogP contribution < -0.4 is 14.8 Å². The average Bonchev–Trinajstić information content (AvgIpc) is 2.53. The fraction of sp³-hybridized carbons (Fsp3) is 0.538. The summed E-state index contributed by atoms with van der Waals surface area (Å²) in [5.41, 5.74) is 0. The van der Waals surface area contributed by atoms with E-state index in [0.717, 1.165) is 37.7 Å². The van der Waals surface area contributed by atoms with Gasteiger partial charge in [0.05, 0.1) is 13.2 Å². The fourth-order valence-corrected chi connectivity index (χ4v) is 2.81. The molecule has 1 atom stereocenters. The highest BCUT2D eigenvalue weighted by Gasteiger charge is 2.12. The SMILES string of the molecule is CNCC(C)Sc1ccc2c(c1)OCCCO2. The van der Waals surface area contributed by atoms with Crippen molar-refractivity contribution < 1.29 is 9.47 Å². The first kappa shape index (κ1) is 12.6. The van der Waals surface area contributed by atoms with Crippen molar-refractivity contribution in [3.05, 3.63) is 18.2 Å². The first-order valence-electron chi connectivity index (χ1n) is 6.00. The number of fused-ring (bicyclic) bond motifs is 1. The zero-order valence-electron chi connectivity index (χ0n) is 10.4. The summed E-state index contributed by atoms with van der Waals surface area (Å²) in [6.07, 6.45) is 0.952. The van der Waals surface area contributed by atoms with Crippen LogP contribution in [0.2, 0.25) is 0 Å². The maximum atomic E-state index is 5.68. The molecule has 1 aliphatic rings. The van der Waals surface area contributed by atoms with E-state index in [2.05, 4.69) is 24.4 Å². The van der Waals surface area contributed by atoms with Gasteiger partial charge >= 0.3 is 0 Å². The lowest BCUT2D eigenvalue weighted by Crippen LogP contribution is -2.17. The van der Waals surface area contributed by atoms with Crippen molar-refractivity contribution in [3.8, 4) is 11.5 Å². The van der Waals surface area contributed by atoms with Crippen LogP contribution in [0.5, 0.6) is 11.5 Å². The molecule has 1 heterocycles. The largest absolute Gasteiger partial charge is 0.490 e. The molecule has 1 aliphatic heterocycles. The second-order valence-electron chi connectivity index (χ2n) is 4.15. The molecule has 0 saturated carbocycles. The molecule has 4 heteroatoms. The monoisotopic (exact) mass is 253 g/mol. The molecular formula is C13H19NO2S. The van der Waals surface area contributed by atoms with E-state index in [9.17, 15) is 0 Å². The van der Waals surface area contributed by atoms with Gasteiger partial charge in [-0.1, -0.05) is 6.92 Å². The molecule has 0 spiro atoms. The Balaban J connectivity index is 2.07. The van der Waals surface area contributed by atoms with Gasteiger partial charge in [-0.15, -0.1) is 11.8 Å². The Bertz CT molecular complexity index is 370. The van der Waals surface area contributed by atoms with Crippen LogP contribution >= 0.6 is 11.8 Å². The molecular weight excluding hydrogens is 234 g/mol. The third-order valence-electron chi connectivity index (χ3n) is 2.55. The fourth-order valence-electron chi connectivity index (χ4n) is 1.78. The van der Waals surface area contributed by atoms with Crippen LogP contribution in [0.1, 0.15) is 13.3 Å². The van der Waals surface area contributed by atoms with Gasteiger partial charge < -0.3 is 14.8 Å². The van der Waals surface area contributed by atoms with Crippen molar-refractivity contribution in [1.29, 1.82) is 0 Å². The van der Waals surface area contributed by atoms with E-state index in [-0.39, 0.29) is 0 Å². The minimum absolute atomic E-state index is 0.546. The maximum Gasteiger partial charge on any atom is 0.162 e. The third-order valence-corrected chi connectivity index (χ3v) is 3.64. The van der Waals surface area contributed by atoms with Crippen molar-refractivity contribution >= 4 is 11.8 Å². The number of benzene rings is 1. The summed E-state index contributed by atoms with van der Waals surface area (Å²) in [5.74, 6) is 1.75. The molecule has 3 nitrogen and oxygen atoms in total. The van der Waals surface area contributed by atoms with E-state index in [0.29, 0.717) is 5.25 Å². The highest BCUT2D eigenvalue weighted by atomic mass is 32.2. The zero-order chi connectivity index (χ0) is 12.1. The zero-order valence-corrected chi connectivity index (χ0v) is 11.2. The molecule has 2 rings (SSSR count). The molecule has 94 valence electrons. The highest BCUT2D eigenvalue weighted by Crippen LogP contribution is 2.34. The van der Waals surface area contributed by atoms with Crippen molar-refractivity contribution in [2.45, 2.75) is 23.5 Å². The summed E-state index contributed by atoms with van der Waals surface area (Å²) in [4.78, 5) is 1.23. The number of thioether (sulfide) groups is 1. The Kier molecular flexibility index (Phi) is 4.57. The van der Waals surface area contributed by atoms with Gasteiger partial charge in [0.15, 0.2) is 11.5 Å². The number of rotatable bonds is 4. The van der Waals surface area contributed by atoms with E-state index in [1.165, 1.54) is 4.90 Å². The number of hydrogen-bond acceptors (Lipinski definition) is 4. The van der Waals surface area contributed by atoms with Crippen LogP contribution in [0.15, 0.2) is 23.1 Å². The van der Waals surface area contributed by atoms with Gasteiger partial charge in [0, 0.05) is 23.1 Å². The maximum absolute atomic E-state index is 5.68. The Morgan fingerprint density at radius 1 is 1.29 bits per heavy atom. The minimum Gasteiger partial charge on any atom is -0.490 e. The summed E-state index contributed by atoms with van der Waals surface area (Å²) in [7, 11) is 1.98. The van der Waals surface area contributed by atoms with Crippen molar-refractivity contribution in [3.63, 3.8) is 0 Å². The van der Waals surface area contributed by atoms with Gasteiger partial charge in [-0.2, -0.15) is 0 Å². The summed E-state index contributed by atoms with van der Waals surface area (Å²) in [6.45, 7) is 4.70. The summed E-state index contributed by atoms with van der Waals surface area (Å²) in [6, 6.07) is 6.19. The van der Waals surface area contributed by atoms with Gasteiger partial charge in [0.1, 0.15) is 0 Å². The quantitative estimate of drug-likeness (QED) is 0.835. The minimum atomic E-state index is 0.546. The van der Waals surface area contributed by atoms with Crippen LogP contribution in [0.3, 0.4) is 0 Å². The molecule has 0 amide bonds. The van der Waals surface area contributed by atoms with E-state index < -0.39 is 0 Å². The van der Waals surface area contributed by atoms with Crippen LogP contribution in [-0.2, 0) is 0 Å². The summed E-state index contributed by atoms with van der Waals surface area (Å²) >= 11 is 1.85. The van der Waals surface area contributed by atoms with Crippen molar-refractivity contribution in [2.24, 2.45) is 0 Å². The van der Waals surface area contributed by atoms with Crippen LogP contribution in [0.25, 0.3) is 0 Å². The third kappa shape index (κ3) is 3.54. The Morgan fingerprint density at radius 2 is 2.06 bits per heavy atom. The number of ether oxygens (including phenoxy) is 2. The van der Waals surface area contributed by atoms with Crippen LogP contribution in [0, 0.1) is 0 Å². The molecule has 1 unspecified atom stereocenters. The molecule has 0 aromatic heterocycles. The van der Waals surface area contributed by atoms with E-state index in [1.54, 1.807) is 0 Å². The van der Waals surface area contributed by atoms with E-state index in [1.807, 2.05) is 24.9 Å². The standard InChI is InChI=1S/C13H19NO2S/c1-10(9-14-2)17-11-4-5-12-13(8-11)16-7-3-6-15-12/h4-5,8,10,14H,3,6-7,9H2,1-2H3. The van der Waals surface area contributed by atoms with E-state index in [4.69, 9.17) is 9.47 Å². The van der Waals surface area contributed by atoms with E-state index >= 15 is 0 Å². The Hall–Kier alpha value is -0.870. The van der Waals surface area contributed by atoms with Gasteiger partial charge in [0.2, 0.25) is 0 Å². The van der Waals surface area contributed by atoms with Gasteiger partial charge in [-0.05, 0) is 25.2 Å². The van der Waals surface area contributed by atoms with Crippen molar-refractivity contribution in [1.82, 2.24) is 5.32 Å². The topological polar surface area (TPSA) is 30.5 Å². The molecule has 0 bridgehead atoms. The molecule has 1 N–H and O–H groups in total. The Morgan fingerprint density at radius 3 is 2.82 bits per heavy atom. The van der Waals surface area contributed by atoms with Crippen LogP contribution in [-0.4, -0.2) is 32.1 Å². The smallest absolute Gasteiger partial charge is 0.162 e. The van der Waals surface area contributed by atoms with Crippen LogP contribution in [0.4, 0.5) is 0 Å². The van der Waals surface area contributed by atoms with Crippen molar-refractivity contribution in [2.75, 3.05) is 26.8 Å². The first-order chi connectivity index (χ1) is 8.29. The highest BCUT2D eigenvalue weighted by molar-refractivity contribution is 8.00. The second-order valence-corrected chi connectivity index (χ2v) is 5.66. The number of hydrogen-bond donors (Lipinski definition) is 1. The predicted molar refractivity (Wildman–Crippen MR) is 71.3 cm³/mol. The molecule has 0 radical (unpaired) electrons. The molecule has 0 fully saturated rings. The molecule has 17 heavy (non-hydrogen) atoms. The summed E-state index contributed by atoms with van der Waals surface area (Å²) < 4.78 is 11.3. The average molecular weight is 253 g/mol. The lowest BCUT2D eigenvalue weighted by Gasteiger charge is -2.12.